The molecule has 0 saturated carbocycles. The van der Waals surface area contributed by atoms with Crippen LogP contribution in [0.4, 0.5) is 0 Å². The molecule has 1 aliphatic heterocycles. The van der Waals surface area contributed by atoms with Gasteiger partial charge in [0.15, 0.2) is 0 Å². The third kappa shape index (κ3) is 5.46. The highest BCUT2D eigenvalue weighted by Gasteiger charge is 2.18. The van der Waals surface area contributed by atoms with Crippen molar-refractivity contribution in [3.63, 3.8) is 0 Å². The Hall–Kier alpha value is -1.15. The molecule has 1 aromatic carbocycles. The molecule has 0 N–H and O–H groups in total. The Labute approximate surface area is 123 Å². The zero-order valence-electron chi connectivity index (χ0n) is 12.7. The SMILES string of the molecule is CC(=O)CCCCN1CCC(Cc2ccccc2)CC1. The summed E-state index contributed by atoms with van der Waals surface area (Å²) in [6.07, 6.45) is 6.86. The number of rotatable bonds is 7. The second kappa shape index (κ2) is 8.21. The van der Waals surface area contributed by atoms with Crippen molar-refractivity contribution in [2.75, 3.05) is 19.6 Å². The van der Waals surface area contributed by atoms with Gasteiger partial charge < -0.3 is 9.69 Å². The summed E-state index contributed by atoms with van der Waals surface area (Å²) in [5.41, 5.74) is 1.48. The van der Waals surface area contributed by atoms with Gasteiger partial charge in [0, 0.05) is 6.42 Å². The van der Waals surface area contributed by atoms with Crippen LogP contribution in [-0.2, 0) is 11.2 Å². The Kier molecular flexibility index (Phi) is 6.25. The maximum Gasteiger partial charge on any atom is 0.129 e. The largest absolute Gasteiger partial charge is 0.303 e. The van der Waals surface area contributed by atoms with E-state index in [9.17, 15) is 4.79 Å². The lowest BCUT2D eigenvalue weighted by molar-refractivity contribution is -0.117. The number of benzene rings is 1. The predicted molar refractivity (Wildman–Crippen MR) is 83.8 cm³/mol. The quantitative estimate of drug-likeness (QED) is 0.706. The van der Waals surface area contributed by atoms with Crippen LogP contribution in [0.2, 0.25) is 0 Å². The lowest BCUT2D eigenvalue weighted by atomic mass is 9.90. The van der Waals surface area contributed by atoms with Crippen molar-refractivity contribution >= 4 is 5.78 Å². The average molecular weight is 273 g/mol. The monoisotopic (exact) mass is 273 g/mol. The summed E-state index contributed by atoms with van der Waals surface area (Å²) in [7, 11) is 0. The number of hydrogen-bond acceptors (Lipinski definition) is 2. The fourth-order valence-corrected chi connectivity index (χ4v) is 3.07. The van der Waals surface area contributed by atoms with Crippen molar-refractivity contribution in [3.05, 3.63) is 35.9 Å². The van der Waals surface area contributed by atoms with E-state index in [4.69, 9.17) is 0 Å². The lowest BCUT2D eigenvalue weighted by Gasteiger charge is -2.32. The second-order valence-electron chi connectivity index (χ2n) is 6.13. The fraction of sp³-hybridized carbons (Fsp3) is 0.611. The first-order valence-corrected chi connectivity index (χ1v) is 8.00. The minimum atomic E-state index is 0.326. The summed E-state index contributed by atoms with van der Waals surface area (Å²) < 4.78 is 0. The van der Waals surface area contributed by atoms with Crippen molar-refractivity contribution in [1.82, 2.24) is 4.90 Å². The van der Waals surface area contributed by atoms with E-state index in [-0.39, 0.29) is 0 Å². The maximum absolute atomic E-state index is 10.9. The number of piperidine rings is 1. The van der Waals surface area contributed by atoms with E-state index in [2.05, 4.69) is 35.2 Å². The average Bonchev–Trinajstić information content (AvgIpc) is 2.46. The molecular weight excluding hydrogens is 246 g/mol. The van der Waals surface area contributed by atoms with E-state index < -0.39 is 0 Å². The summed E-state index contributed by atoms with van der Waals surface area (Å²) in [5.74, 6) is 1.18. The van der Waals surface area contributed by atoms with Gasteiger partial charge in [-0.3, -0.25) is 0 Å². The summed E-state index contributed by atoms with van der Waals surface area (Å²) in [6, 6.07) is 10.9. The van der Waals surface area contributed by atoms with Crippen molar-refractivity contribution in [3.8, 4) is 0 Å². The predicted octanol–water partition coefficient (Wildman–Crippen LogP) is 3.70. The molecule has 0 aliphatic carbocycles. The van der Waals surface area contributed by atoms with E-state index in [1.807, 2.05) is 0 Å². The molecule has 2 heteroatoms. The Morgan fingerprint density at radius 1 is 1.15 bits per heavy atom. The zero-order chi connectivity index (χ0) is 14.2. The van der Waals surface area contributed by atoms with Gasteiger partial charge in [-0.05, 0) is 70.1 Å². The second-order valence-corrected chi connectivity index (χ2v) is 6.13. The Bertz CT molecular complexity index is 393. The zero-order valence-corrected chi connectivity index (χ0v) is 12.7. The molecule has 1 aromatic rings. The van der Waals surface area contributed by atoms with Gasteiger partial charge in [-0.2, -0.15) is 0 Å². The number of carbonyl (C=O) groups is 1. The normalized spacial score (nSPS) is 17.2. The van der Waals surface area contributed by atoms with E-state index in [1.165, 1.54) is 50.9 Å². The number of ketones is 1. The van der Waals surface area contributed by atoms with E-state index >= 15 is 0 Å². The van der Waals surface area contributed by atoms with Crippen LogP contribution in [-0.4, -0.2) is 30.3 Å². The van der Waals surface area contributed by atoms with Gasteiger partial charge >= 0.3 is 0 Å². The molecule has 1 heterocycles. The Morgan fingerprint density at radius 3 is 2.50 bits per heavy atom. The molecule has 1 fully saturated rings. The number of unbranched alkanes of at least 4 members (excludes halogenated alkanes) is 1. The van der Waals surface area contributed by atoms with E-state index in [1.54, 1.807) is 6.92 Å². The molecule has 0 amide bonds. The van der Waals surface area contributed by atoms with Crippen LogP contribution in [0.25, 0.3) is 0 Å². The number of likely N-dealkylation sites (tertiary alicyclic amines) is 1. The molecule has 2 rings (SSSR count). The minimum absolute atomic E-state index is 0.326. The van der Waals surface area contributed by atoms with Crippen LogP contribution >= 0.6 is 0 Å². The first kappa shape index (κ1) is 15.2. The standard InChI is InChI=1S/C18H27NO/c1-16(20)7-5-6-12-19-13-10-18(11-14-19)15-17-8-3-2-4-9-17/h2-4,8-9,18H,5-7,10-15H2,1H3. The van der Waals surface area contributed by atoms with Crippen LogP contribution < -0.4 is 0 Å². The third-order valence-corrected chi connectivity index (χ3v) is 4.33. The molecule has 0 unspecified atom stereocenters. The summed E-state index contributed by atoms with van der Waals surface area (Å²) in [6.45, 7) is 5.33. The van der Waals surface area contributed by atoms with Crippen LogP contribution in [0.15, 0.2) is 30.3 Å². The lowest BCUT2D eigenvalue weighted by Crippen LogP contribution is -2.35. The molecule has 0 spiro atoms. The first-order valence-electron chi connectivity index (χ1n) is 8.00. The van der Waals surface area contributed by atoms with Crippen molar-refractivity contribution in [2.24, 2.45) is 5.92 Å². The Morgan fingerprint density at radius 2 is 1.85 bits per heavy atom. The molecule has 1 saturated heterocycles. The van der Waals surface area contributed by atoms with E-state index in [0.717, 1.165) is 18.8 Å². The van der Waals surface area contributed by atoms with Crippen molar-refractivity contribution in [2.45, 2.75) is 45.4 Å². The smallest absolute Gasteiger partial charge is 0.129 e. The van der Waals surface area contributed by atoms with Gasteiger partial charge in [-0.15, -0.1) is 0 Å². The van der Waals surface area contributed by atoms with Crippen molar-refractivity contribution in [1.29, 1.82) is 0 Å². The molecule has 110 valence electrons. The molecule has 20 heavy (non-hydrogen) atoms. The molecule has 0 atom stereocenters. The number of nitrogens with zero attached hydrogens (tertiary/aromatic N) is 1. The fourth-order valence-electron chi connectivity index (χ4n) is 3.07. The summed E-state index contributed by atoms with van der Waals surface area (Å²) >= 11 is 0. The molecular formula is C18H27NO. The maximum atomic E-state index is 10.9. The minimum Gasteiger partial charge on any atom is -0.303 e. The van der Waals surface area contributed by atoms with Crippen LogP contribution in [0.5, 0.6) is 0 Å². The highest BCUT2D eigenvalue weighted by molar-refractivity contribution is 5.75. The highest BCUT2D eigenvalue weighted by atomic mass is 16.1. The number of Topliss-reactive ketones (excluding diaryl/α,β-unsaturated/α-hetero) is 1. The molecule has 0 bridgehead atoms. The first-order chi connectivity index (χ1) is 9.74. The van der Waals surface area contributed by atoms with E-state index in [0.29, 0.717) is 5.78 Å². The molecule has 2 nitrogen and oxygen atoms in total. The van der Waals surface area contributed by atoms with Crippen LogP contribution in [0, 0.1) is 5.92 Å². The number of hydrogen-bond donors (Lipinski definition) is 0. The van der Waals surface area contributed by atoms with Crippen LogP contribution in [0.3, 0.4) is 0 Å². The number of carbonyl (C=O) groups excluding carboxylic acids is 1. The Balaban J connectivity index is 1.61. The van der Waals surface area contributed by atoms with Gasteiger partial charge in [0.2, 0.25) is 0 Å². The van der Waals surface area contributed by atoms with Crippen LogP contribution in [0.1, 0.15) is 44.6 Å². The van der Waals surface area contributed by atoms with Gasteiger partial charge in [0.25, 0.3) is 0 Å². The highest BCUT2D eigenvalue weighted by Crippen LogP contribution is 2.21. The molecule has 1 aliphatic rings. The topological polar surface area (TPSA) is 20.3 Å². The summed E-state index contributed by atoms with van der Waals surface area (Å²) in [5, 5.41) is 0. The van der Waals surface area contributed by atoms with Gasteiger partial charge in [-0.25, -0.2) is 0 Å². The van der Waals surface area contributed by atoms with Gasteiger partial charge in [0.1, 0.15) is 5.78 Å². The molecule has 0 aromatic heterocycles. The van der Waals surface area contributed by atoms with Gasteiger partial charge in [-0.1, -0.05) is 30.3 Å². The van der Waals surface area contributed by atoms with Gasteiger partial charge in [0.05, 0.1) is 0 Å². The molecule has 0 radical (unpaired) electrons. The summed E-state index contributed by atoms with van der Waals surface area (Å²) in [4.78, 5) is 13.5. The third-order valence-electron chi connectivity index (χ3n) is 4.33. The van der Waals surface area contributed by atoms with Crippen molar-refractivity contribution < 1.29 is 4.79 Å².